The van der Waals surface area contributed by atoms with E-state index in [4.69, 9.17) is 0 Å². The average Bonchev–Trinajstić information content (AvgIpc) is 3.36. The zero-order valence-corrected chi connectivity index (χ0v) is 16.7. The molecule has 0 fully saturated rings. The summed E-state index contributed by atoms with van der Waals surface area (Å²) in [4.78, 5) is 4.21. The number of hydrogen-bond acceptors (Lipinski definition) is 6. The average molecular weight is 412 g/mol. The molecule has 9 nitrogen and oxygen atoms in total. The van der Waals surface area contributed by atoms with Crippen molar-refractivity contribution in [3.8, 4) is 5.82 Å². The SMILES string of the molecule is CCC(O)c1ccnc(-n2cc(S(=O)(=O)Nc3cccc4cnn(C)c34)cn2)c1. The molecule has 4 aromatic rings. The van der Waals surface area contributed by atoms with Crippen LogP contribution in [-0.2, 0) is 17.1 Å². The normalized spacial score (nSPS) is 12.9. The van der Waals surface area contributed by atoms with Crippen LogP contribution in [0.25, 0.3) is 16.7 Å². The highest BCUT2D eigenvalue weighted by Crippen LogP contribution is 2.25. The maximum atomic E-state index is 12.9. The molecule has 0 saturated heterocycles. The molecule has 0 saturated carbocycles. The van der Waals surface area contributed by atoms with E-state index < -0.39 is 16.1 Å². The van der Waals surface area contributed by atoms with Gasteiger partial charge in [0.15, 0.2) is 5.82 Å². The molecule has 10 heteroatoms. The second kappa shape index (κ2) is 7.30. The largest absolute Gasteiger partial charge is 0.388 e. The molecule has 0 aliphatic rings. The minimum Gasteiger partial charge on any atom is -0.388 e. The lowest BCUT2D eigenvalue weighted by molar-refractivity contribution is 0.173. The molecule has 4 rings (SSSR count). The van der Waals surface area contributed by atoms with E-state index in [2.05, 4.69) is 19.9 Å². The fourth-order valence-corrected chi connectivity index (χ4v) is 4.09. The molecule has 1 aromatic carbocycles. The summed E-state index contributed by atoms with van der Waals surface area (Å²) in [7, 11) is -2.12. The second-order valence-corrected chi connectivity index (χ2v) is 8.29. The van der Waals surface area contributed by atoms with Gasteiger partial charge in [-0.2, -0.15) is 10.2 Å². The van der Waals surface area contributed by atoms with Crippen LogP contribution in [0.2, 0.25) is 0 Å². The van der Waals surface area contributed by atoms with Crippen molar-refractivity contribution in [3.05, 3.63) is 60.7 Å². The standard InChI is InChI=1S/C19H20N6O3S/c1-3-17(26)13-7-8-20-18(9-13)25-12-15(11-22-25)29(27,28)23-16-6-4-5-14-10-21-24(2)19(14)16/h4-12,17,23,26H,3H2,1-2H3. The van der Waals surface area contributed by atoms with E-state index in [1.165, 1.54) is 17.1 Å². The highest BCUT2D eigenvalue weighted by molar-refractivity contribution is 7.92. The maximum absolute atomic E-state index is 12.9. The molecule has 0 spiro atoms. The van der Waals surface area contributed by atoms with Crippen molar-refractivity contribution in [1.29, 1.82) is 0 Å². The molecule has 1 unspecified atom stereocenters. The number of nitrogens with zero attached hydrogens (tertiary/aromatic N) is 5. The van der Waals surface area contributed by atoms with Crippen LogP contribution in [0.3, 0.4) is 0 Å². The first kappa shape index (κ1) is 19.1. The van der Waals surface area contributed by atoms with Gasteiger partial charge in [0.2, 0.25) is 0 Å². The second-order valence-electron chi connectivity index (χ2n) is 6.61. The zero-order valence-electron chi connectivity index (χ0n) is 15.9. The Labute approximate surface area is 167 Å². The number of benzene rings is 1. The Hall–Kier alpha value is -3.24. The van der Waals surface area contributed by atoms with E-state index in [1.807, 2.05) is 13.0 Å². The van der Waals surface area contributed by atoms with E-state index in [0.717, 1.165) is 5.39 Å². The summed E-state index contributed by atoms with van der Waals surface area (Å²) in [5.74, 6) is 0.421. The number of hydrogen-bond donors (Lipinski definition) is 2. The smallest absolute Gasteiger partial charge is 0.265 e. The van der Waals surface area contributed by atoms with Crippen molar-refractivity contribution in [2.24, 2.45) is 7.05 Å². The number of anilines is 1. The van der Waals surface area contributed by atoms with Crippen molar-refractivity contribution in [3.63, 3.8) is 0 Å². The van der Waals surface area contributed by atoms with E-state index in [9.17, 15) is 13.5 Å². The topological polar surface area (TPSA) is 115 Å². The van der Waals surface area contributed by atoms with Gasteiger partial charge in [-0.15, -0.1) is 0 Å². The van der Waals surface area contributed by atoms with Gasteiger partial charge in [0.1, 0.15) is 4.90 Å². The van der Waals surface area contributed by atoms with E-state index >= 15 is 0 Å². The Bertz CT molecular complexity index is 1280. The third-order valence-corrected chi connectivity index (χ3v) is 5.97. The molecule has 0 radical (unpaired) electrons. The minimum atomic E-state index is -3.87. The number of aryl methyl sites for hydroxylation is 1. The minimum absolute atomic E-state index is 0.0000792. The van der Waals surface area contributed by atoms with Crippen molar-refractivity contribution < 1.29 is 13.5 Å². The first-order chi connectivity index (χ1) is 13.9. The fraction of sp³-hybridized carbons (Fsp3) is 0.211. The van der Waals surface area contributed by atoms with Crippen LogP contribution in [0.1, 0.15) is 25.0 Å². The summed E-state index contributed by atoms with van der Waals surface area (Å²) in [6.07, 6.45) is 5.82. The van der Waals surface area contributed by atoms with E-state index in [0.29, 0.717) is 29.0 Å². The Morgan fingerprint density at radius 1 is 1.21 bits per heavy atom. The Balaban J connectivity index is 1.66. The van der Waals surface area contributed by atoms with Crippen LogP contribution >= 0.6 is 0 Å². The molecular weight excluding hydrogens is 392 g/mol. The molecular formula is C19H20N6O3S. The lowest BCUT2D eigenvalue weighted by atomic mass is 10.1. The summed E-state index contributed by atoms with van der Waals surface area (Å²) in [5.41, 5.74) is 1.81. The molecule has 150 valence electrons. The number of aliphatic hydroxyl groups excluding tert-OH is 1. The number of para-hydroxylation sites is 1. The lowest BCUT2D eigenvalue weighted by Gasteiger charge is -2.09. The number of pyridine rings is 1. The predicted molar refractivity (Wildman–Crippen MR) is 108 cm³/mol. The van der Waals surface area contributed by atoms with Gasteiger partial charge in [-0.1, -0.05) is 19.1 Å². The number of aliphatic hydroxyl groups is 1. The Morgan fingerprint density at radius 3 is 2.83 bits per heavy atom. The number of aromatic nitrogens is 5. The van der Waals surface area contributed by atoms with Gasteiger partial charge in [0.05, 0.1) is 35.9 Å². The summed E-state index contributed by atoms with van der Waals surface area (Å²) >= 11 is 0. The molecule has 0 bridgehead atoms. The Kier molecular flexibility index (Phi) is 4.81. The van der Waals surface area contributed by atoms with E-state index in [-0.39, 0.29) is 4.90 Å². The summed E-state index contributed by atoms with van der Waals surface area (Å²) in [5, 5.41) is 19.1. The van der Waals surface area contributed by atoms with Gasteiger partial charge in [0.25, 0.3) is 10.0 Å². The highest BCUT2D eigenvalue weighted by Gasteiger charge is 2.20. The van der Waals surface area contributed by atoms with Crippen molar-refractivity contribution >= 4 is 26.6 Å². The van der Waals surface area contributed by atoms with Crippen LogP contribution < -0.4 is 4.72 Å². The van der Waals surface area contributed by atoms with Crippen LogP contribution in [0.4, 0.5) is 5.69 Å². The predicted octanol–water partition coefficient (Wildman–Crippen LogP) is 2.40. The molecule has 2 N–H and O–H groups in total. The monoisotopic (exact) mass is 412 g/mol. The first-order valence-electron chi connectivity index (χ1n) is 9.01. The van der Waals surface area contributed by atoms with Gasteiger partial charge in [-0.3, -0.25) is 9.40 Å². The number of sulfonamides is 1. The summed E-state index contributed by atoms with van der Waals surface area (Å²) in [6.45, 7) is 1.87. The fourth-order valence-electron chi connectivity index (χ4n) is 3.09. The first-order valence-corrected chi connectivity index (χ1v) is 10.5. The van der Waals surface area contributed by atoms with Crippen LogP contribution in [0.15, 0.2) is 60.0 Å². The molecule has 3 aromatic heterocycles. The molecule has 0 aliphatic heterocycles. The van der Waals surface area contributed by atoms with Crippen LogP contribution in [-0.4, -0.2) is 38.1 Å². The lowest BCUT2D eigenvalue weighted by Crippen LogP contribution is -2.13. The Morgan fingerprint density at radius 2 is 2.03 bits per heavy atom. The maximum Gasteiger partial charge on any atom is 0.265 e. The highest BCUT2D eigenvalue weighted by atomic mass is 32.2. The van der Waals surface area contributed by atoms with Crippen LogP contribution in [0, 0.1) is 0 Å². The van der Waals surface area contributed by atoms with Crippen molar-refractivity contribution in [2.45, 2.75) is 24.3 Å². The van der Waals surface area contributed by atoms with Gasteiger partial charge < -0.3 is 5.11 Å². The third-order valence-electron chi connectivity index (χ3n) is 4.65. The molecule has 0 amide bonds. The van der Waals surface area contributed by atoms with Crippen molar-refractivity contribution in [2.75, 3.05) is 4.72 Å². The van der Waals surface area contributed by atoms with Gasteiger partial charge >= 0.3 is 0 Å². The molecule has 0 aliphatic carbocycles. The molecule has 29 heavy (non-hydrogen) atoms. The summed E-state index contributed by atoms with van der Waals surface area (Å²) < 4.78 is 31.4. The quantitative estimate of drug-likeness (QED) is 0.502. The molecule has 3 heterocycles. The third kappa shape index (κ3) is 3.59. The number of fused-ring (bicyclic) bond motifs is 1. The van der Waals surface area contributed by atoms with Gasteiger partial charge in [0, 0.05) is 18.6 Å². The van der Waals surface area contributed by atoms with Crippen molar-refractivity contribution in [1.82, 2.24) is 24.5 Å². The molecule has 1 atom stereocenters. The van der Waals surface area contributed by atoms with Gasteiger partial charge in [-0.05, 0) is 30.2 Å². The number of rotatable bonds is 6. The zero-order chi connectivity index (χ0) is 20.6. The van der Waals surface area contributed by atoms with Gasteiger partial charge in [-0.25, -0.2) is 18.1 Å². The van der Waals surface area contributed by atoms with Crippen LogP contribution in [0.5, 0.6) is 0 Å². The van der Waals surface area contributed by atoms with E-state index in [1.54, 1.807) is 48.4 Å². The number of nitrogens with one attached hydrogen (secondary N) is 1. The summed E-state index contributed by atoms with van der Waals surface area (Å²) in [6, 6.07) is 8.71.